The maximum atomic E-state index is 12.2. The molecular weight excluding hydrogens is 421 g/mol. The fourth-order valence-corrected chi connectivity index (χ4v) is 3.32. The highest BCUT2D eigenvalue weighted by Crippen LogP contribution is 2.28. The van der Waals surface area contributed by atoms with Gasteiger partial charge in [-0.15, -0.1) is 24.0 Å². The summed E-state index contributed by atoms with van der Waals surface area (Å²) in [5, 5.41) is 13.7. The van der Waals surface area contributed by atoms with Gasteiger partial charge in [0.2, 0.25) is 0 Å². The molecule has 0 radical (unpaired) electrons. The van der Waals surface area contributed by atoms with E-state index in [9.17, 15) is 9.90 Å². The third kappa shape index (κ3) is 6.06. The summed E-state index contributed by atoms with van der Waals surface area (Å²) in [7, 11) is 1.74. The Bertz CT molecular complexity index is 456. The number of hydrogen-bond donors (Lipinski definition) is 2. The number of rotatable bonds is 3. The van der Waals surface area contributed by atoms with Crippen LogP contribution in [0.5, 0.6) is 0 Å². The topological polar surface area (TPSA) is 74.2 Å². The second kappa shape index (κ2) is 8.69. The number of ether oxygens (including phenoxy) is 1. The summed E-state index contributed by atoms with van der Waals surface area (Å²) in [4.78, 5) is 18.6. The maximum Gasteiger partial charge on any atom is 0.311 e. The zero-order valence-electron chi connectivity index (χ0n) is 15.3. The highest BCUT2D eigenvalue weighted by Gasteiger charge is 2.35. The van der Waals surface area contributed by atoms with E-state index in [-0.39, 0.29) is 35.9 Å². The summed E-state index contributed by atoms with van der Waals surface area (Å²) in [5.41, 5.74) is -1.06. The van der Waals surface area contributed by atoms with E-state index in [1.165, 1.54) is 0 Å². The van der Waals surface area contributed by atoms with Gasteiger partial charge in [-0.05, 0) is 40.0 Å². The van der Waals surface area contributed by atoms with Crippen LogP contribution >= 0.6 is 24.0 Å². The van der Waals surface area contributed by atoms with Crippen molar-refractivity contribution in [2.45, 2.75) is 64.1 Å². The van der Waals surface area contributed by atoms with Crippen molar-refractivity contribution in [3.05, 3.63) is 0 Å². The number of aliphatic hydroxyl groups is 1. The van der Waals surface area contributed by atoms with Crippen LogP contribution in [0.15, 0.2) is 4.99 Å². The number of carbonyl (C=O) groups is 1. The van der Waals surface area contributed by atoms with E-state index in [0.29, 0.717) is 13.1 Å². The number of nitrogens with zero attached hydrogens (tertiary/aromatic N) is 2. The second-order valence-corrected chi connectivity index (χ2v) is 7.80. The number of hydrogen-bond acceptors (Lipinski definition) is 4. The minimum atomic E-state index is -0.611. The number of guanidine groups is 1. The Balaban J connectivity index is 0.00000288. The molecule has 2 aliphatic rings. The Labute approximate surface area is 162 Å². The Morgan fingerprint density at radius 1 is 1.38 bits per heavy atom. The predicted octanol–water partition coefficient (Wildman–Crippen LogP) is 2.15. The second-order valence-electron chi connectivity index (χ2n) is 7.80. The molecule has 24 heavy (non-hydrogen) atoms. The molecule has 1 aliphatic heterocycles. The molecule has 0 bridgehead atoms. The molecule has 0 aromatic carbocycles. The lowest BCUT2D eigenvalue weighted by Crippen LogP contribution is -2.47. The molecule has 1 saturated heterocycles. The van der Waals surface area contributed by atoms with Gasteiger partial charge in [0.1, 0.15) is 5.60 Å². The highest BCUT2D eigenvalue weighted by molar-refractivity contribution is 14.0. The molecular formula is C17H32IN3O3. The summed E-state index contributed by atoms with van der Waals surface area (Å²) < 4.78 is 5.47. The van der Waals surface area contributed by atoms with Gasteiger partial charge in [-0.2, -0.15) is 0 Å². The zero-order chi connectivity index (χ0) is 17.1. The monoisotopic (exact) mass is 453 g/mol. The third-order valence-electron chi connectivity index (χ3n) is 4.55. The molecule has 7 heteroatoms. The average molecular weight is 453 g/mol. The molecule has 2 N–H and O–H groups in total. The first kappa shape index (κ1) is 21.5. The number of nitrogens with one attached hydrogen (secondary N) is 1. The van der Waals surface area contributed by atoms with Crippen molar-refractivity contribution in [1.29, 1.82) is 0 Å². The molecule has 6 nitrogen and oxygen atoms in total. The molecule has 0 aromatic heterocycles. The van der Waals surface area contributed by atoms with E-state index in [1.54, 1.807) is 7.05 Å². The van der Waals surface area contributed by atoms with Crippen molar-refractivity contribution in [3.8, 4) is 0 Å². The summed E-state index contributed by atoms with van der Waals surface area (Å²) >= 11 is 0. The minimum Gasteiger partial charge on any atom is -0.460 e. The van der Waals surface area contributed by atoms with Crippen LogP contribution in [-0.2, 0) is 9.53 Å². The SMILES string of the molecule is CN=C(NCC1(O)CCCC1)N1CCC(C(=O)OC(C)(C)C)C1.I. The van der Waals surface area contributed by atoms with Gasteiger partial charge in [0, 0.05) is 26.7 Å². The quantitative estimate of drug-likeness (QED) is 0.297. The first-order valence-corrected chi connectivity index (χ1v) is 8.63. The van der Waals surface area contributed by atoms with Crippen LogP contribution in [0, 0.1) is 5.92 Å². The van der Waals surface area contributed by atoms with Crippen LogP contribution in [0.25, 0.3) is 0 Å². The standard InChI is InChI=1S/C17H31N3O3.HI/c1-16(2,3)23-14(21)13-7-10-20(11-13)15(18-4)19-12-17(22)8-5-6-9-17;/h13,22H,5-12H2,1-4H3,(H,18,19);1H. The van der Waals surface area contributed by atoms with Crippen molar-refractivity contribution in [1.82, 2.24) is 10.2 Å². The number of carbonyl (C=O) groups excluding carboxylic acids is 1. The fraction of sp³-hybridized carbons (Fsp3) is 0.882. The van der Waals surface area contributed by atoms with Crippen molar-refractivity contribution >= 4 is 35.9 Å². The molecule has 2 rings (SSSR count). The molecule has 140 valence electrons. The van der Waals surface area contributed by atoms with Gasteiger partial charge in [0.15, 0.2) is 5.96 Å². The summed E-state index contributed by atoms with van der Waals surface area (Å²) in [6.07, 6.45) is 4.64. The Hall–Kier alpha value is -0.570. The molecule has 1 aliphatic carbocycles. The molecule has 0 aromatic rings. The average Bonchev–Trinajstić information content (AvgIpc) is 3.07. The van der Waals surface area contributed by atoms with E-state index in [0.717, 1.165) is 44.6 Å². The first-order valence-electron chi connectivity index (χ1n) is 8.63. The lowest BCUT2D eigenvalue weighted by Gasteiger charge is -2.27. The number of aliphatic imine (C=N–C) groups is 1. The Morgan fingerprint density at radius 2 is 2.00 bits per heavy atom. The van der Waals surface area contributed by atoms with Crippen LogP contribution in [0.4, 0.5) is 0 Å². The van der Waals surface area contributed by atoms with Crippen LogP contribution in [0.2, 0.25) is 0 Å². The number of halogens is 1. The number of esters is 1. The van der Waals surface area contributed by atoms with Crippen LogP contribution in [-0.4, -0.2) is 59.8 Å². The number of likely N-dealkylation sites (tertiary alicyclic amines) is 1. The first-order chi connectivity index (χ1) is 10.7. The van der Waals surface area contributed by atoms with Crippen molar-refractivity contribution in [3.63, 3.8) is 0 Å². The van der Waals surface area contributed by atoms with E-state index in [4.69, 9.17) is 4.74 Å². The largest absolute Gasteiger partial charge is 0.460 e. The van der Waals surface area contributed by atoms with Crippen molar-refractivity contribution < 1.29 is 14.6 Å². The van der Waals surface area contributed by atoms with E-state index in [1.807, 2.05) is 20.8 Å². The van der Waals surface area contributed by atoms with Gasteiger partial charge in [0.25, 0.3) is 0 Å². The van der Waals surface area contributed by atoms with Crippen molar-refractivity contribution in [2.24, 2.45) is 10.9 Å². The summed E-state index contributed by atoms with van der Waals surface area (Å²) in [6.45, 7) is 7.59. The molecule has 2 fully saturated rings. The zero-order valence-corrected chi connectivity index (χ0v) is 17.6. The van der Waals surface area contributed by atoms with Gasteiger partial charge in [0.05, 0.1) is 11.5 Å². The molecule has 1 unspecified atom stereocenters. The molecule has 1 atom stereocenters. The van der Waals surface area contributed by atoms with Gasteiger partial charge >= 0.3 is 5.97 Å². The van der Waals surface area contributed by atoms with Gasteiger partial charge in [-0.3, -0.25) is 9.79 Å². The molecule has 1 heterocycles. The summed E-state index contributed by atoms with van der Waals surface area (Å²) in [5.74, 6) is 0.517. The highest BCUT2D eigenvalue weighted by atomic mass is 127. The van der Waals surface area contributed by atoms with E-state index < -0.39 is 11.2 Å². The fourth-order valence-electron chi connectivity index (χ4n) is 3.32. The minimum absolute atomic E-state index is 0. The van der Waals surface area contributed by atoms with E-state index >= 15 is 0 Å². The lowest BCUT2D eigenvalue weighted by atomic mass is 10.0. The molecule has 0 amide bonds. The Morgan fingerprint density at radius 3 is 2.54 bits per heavy atom. The van der Waals surface area contributed by atoms with Gasteiger partial charge in [-0.1, -0.05) is 12.8 Å². The van der Waals surface area contributed by atoms with Crippen LogP contribution < -0.4 is 5.32 Å². The smallest absolute Gasteiger partial charge is 0.311 e. The molecule has 1 saturated carbocycles. The van der Waals surface area contributed by atoms with E-state index in [2.05, 4.69) is 15.2 Å². The summed E-state index contributed by atoms with van der Waals surface area (Å²) in [6, 6.07) is 0. The normalized spacial score (nSPS) is 23.8. The van der Waals surface area contributed by atoms with Crippen LogP contribution in [0.3, 0.4) is 0 Å². The maximum absolute atomic E-state index is 12.2. The van der Waals surface area contributed by atoms with Crippen molar-refractivity contribution in [2.75, 3.05) is 26.7 Å². The van der Waals surface area contributed by atoms with Gasteiger partial charge < -0.3 is 20.1 Å². The predicted molar refractivity (Wildman–Crippen MR) is 106 cm³/mol. The Kier molecular flexibility index (Phi) is 7.77. The van der Waals surface area contributed by atoms with Gasteiger partial charge in [-0.25, -0.2) is 0 Å². The lowest BCUT2D eigenvalue weighted by molar-refractivity contribution is -0.159. The molecule has 0 spiro atoms. The van der Waals surface area contributed by atoms with Crippen LogP contribution in [0.1, 0.15) is 52.9 Å². The third-order valence-corrected chi connectivity index (χ3v) is 4.55.